The third kappa shape index (κ3) is 2.00. The Kier molecular flexibility index (Phi) is 2.69. The molecule has 0 unspecified atom stereocenters. The Hall–Kier alpha value is -1.41. The third-order valence-electron chi connectivity index (χ3n) is 2.75. The van der Waals surface area contributed by atoms with E-state index < -0.39 is 6.10 Å². The van der Waals surface area contributed by atoms with Crippen molar-refractivity contribution in [3.63, 3.8) is 0 Å². The van der Waals surface area contributed by atoms with E-state index in [1.807, 2.05) is 37.3 Å². The molecule has 0 fully saturated rings. The van der Waals surface area contributed by atoms with E-state index in [4.69, 9.17) is 0 Å². The lowest BCUT2D eigenvalue weighted by molar-refractivity contribution is -0.115. The zero-order valence-corrected chi connectivity index (χ0v) is 8.73. The molecule has 0 saturated heterocycles. The zero-order chi connectivity index (χ0) is 10.8. The smallest absolute Gasteiger partial charge is 0.161 e. The van der Waals surface area contributed by atoms with Gasteiger partial charge in [-0.2, -0.15) is 0 Å². The summed E-state index contributed by atoms with van der Waals surface area (Å²) < 4.78 is 0. The van der Waals surface area contributed by atoms with Crippen molar-refractivity contribution in [1.82, 2.24) is 0 Å². The van der Waals surface area contributed by atoms with Crippen LogP contribution in [0.25, 0.3) is 0 Å². The van der Waals surface area contributed by atoms with Crippen LogP contribution in [0, 0.1) is 6.92 Å². The highest BCUT2D eigenvalue weighted by molar-refractivity contribution is 5.98. The van der Waals surface area contributed by atoms with E-state index in [-0.39, 0.29) is 5.78 Å². The number of allylic oxidation sites excluding steroid dienone is 1. The average Bonchev–Trinajstić information content (AvgIpc) is 2.65. The van der Waals surface area contributed by atoms with Crippen LogP contribution in [0.4, 0.5) is 0 Å². The molecule has 78 valence electrons. The Morgan fingerprint density at radius 1 is 1.27 bits per heavy atom. The topological polar surface area (TPSA) is 37.3 Å². The van der Waals surface area contributed by atoms with Crippen molar-refractivity contribution >= 4 is 5.78 Å². The number of Topliss-reactive ketones (excluding diaryl/α,β-unsaturated/α-hetero) is 1. The number of aliphatic hydroxyl groups excluding tert-OH is 1. The Morgan fingerprint density at radius 3 is 2.47 bits per heavy atom. The lowest BCUT2D eigenvalue weighted by Gasteiger charge is -2.11. The van der Waals surface area contributed by atoms with Crippen LogP contribution in [0.2, 0.25) is 0 Å². The van der Waals surface area contributed by atoms with Gasteiger partial charge in [-0.05, 0) is 18.9 Å². The van der Waals surface area contributed by atoms with Crippen molar-refractivity contribution in [3.05, 3.63) is 47.0 Å². The largest absolute Gasteiger partial charge is 0.384 e. The van der Waals surface area contributed by atoms with Crippen LogP contribution in [0.5, 0.6) is 0 Å². The highest BCUT2D eigenvalue weighted by Crippen LogP contribution is 2.28. The number of ketones is 1. The van der Waals surface area contributed by atoms with E-state index in [0.717, 1.165) is 17.5 Å². The minimum Gasteiger partial charge on any atom is -0.384 e. The first kappa shape index (κ1) is 10.1. The van der Waals surface area contributed by atoms with Crippen LogP contribution in [0.15, 0.2) is 35.9 Å². The molecule has 1 N–H and O–H groups in total. The molecule has 0 aromatic heterocycles. The summed E-state index contributed by atoms with van der Waals surface area (Å²) in [6, 6.07) is 7.62. The predicted octanol–water partition coefficient (Wildman–Crippen LogP) is 2.32. The number of hydrogen-bond acceptors (Lipinski definition) is 2. The number of rotatable bonds is 2. The molecule has 0 bridgehead atoms. The molecule has 0 radical (unpaired) electrons. The van der Waals surface area contributed by atoms with E-state index >= 15 is 0 Å². The van der Waals surface area contributed by atoms with Crippen LogP contribution in [0.1, 0.15) is 30.1 Å². The fraction of sp³-hybridized carbons (Fsp3) is 0.308. The molecule has 0 saturated carbocycles. The molecule has 1 aliphatic rings. The van der Waals surface area contributed by atoms with E-state index in [1.54, 1.807) is 0 Å². The van der Waals surface area contributed by atoms with Gasteiger partial charge in [-0.3, -0.25) is 4.79 Å². The average molecular weight is 202 g/mol. The third-order valence-corrected chi connectivity index (χ3v) is 2.75. The van der Waals surface area contributed by atoms with E-state index in [1.165, 1.54) is 0 Å². The Labute approximate surface area is 89.2 Å². The standard InChI is InChI=1S/C13H14O2/c1-9-5-7-10(8-6-9)13(15)11-3-2-4-12(11)14/h3,5-8,13,15H,2,4H2,1H3/t13-/m0/s1. The number of carbonyl (C=O) groups is 1. The van der Waals surface area contributed by atoms with Gasteiger partial charge in [-0.15, -0.1) is 0 Å². The maximum atomic E-state index is 11.4. The van der Waals surface area contributed by atoms with Gasteiger partial charge < -0.3 is 5.11 Å². The fourth-order valence-corrected chi connectivity index (χ4v) is 1.81. The summed E-state index contributed by atoms with van der Waals surface area (Å²) in [5.74, 6) is 0.0723. The molecule has 15 heavy (non-hydrogen) atoms. The van der Waals surface area contributed by atoms with Crippen LogP contribution in [-0.2, 0) is 4.79 Å². The van der Waals surface area contributed by atoms with Crippen molar-refractivity contribution in [2.45, 2.75) is 25.9 Å². The Bertz CT molecular complexity index is 401. The molecule has 1 aromatic carbocycles. The first-order valence-electron chi connectivity index (χ1n) is 5.16. The Morgan fingerprint density at radius 2 is 1.93 bits per heavy atom. The molecule has 0 aliphatic heterocycles. The molecule has 0 heterocycles. The van der Waals surface area contributed by atoms with Crippen LogP contribution < -0.4 is 0 Å². The second-order valence-electron chi connectivity index (χ2n) is 3.93. The maximum Gasteiger partial charge on any atom is 0.161 e. The number of benzene rings is 1. The lowest BCUT2D eigenvalue weighted by Crippen LogP contribution is -2.07. The minimum absolute atomic E-state index is 0.0723. The molecule has 1 atom stereocenters. The van der Waals surface area contributed by atoms with Gasteiger partial charge in [0.05, 0.1) is 0 Å². The first-order chi connectivity index (χ1) is 7.18. The van der Waals surface area contributed by atoms with Gasteiger partial charge in [-0.25, -0.2) is 0 Å². The Balaban J connectivity index is 2.24. The molecule has 0 spiro atoms. The molecule has 2 nitrogen and oxygen atoms in total. The number of carbonyl (C=O) groups excluding carboxylic acids is 1. The van der Waals surface area contributed by atoms with Crippen molar-refractivity contribution in [3.8, 4) is 0 Å². The molecule has 1 aromatic rings. The van der Waals surface area contributed by atoms with E-state index in [0.29, 0.717) is 12.0 Å². The lowest BCUT2D eigenvalue weighted by atomic mass is 9.99. The summed E-state index contributed by atoms with van der Waals surface area (Å²) in [6.07, 6.45) is 2.39. The van der Waals surface area contributed by atoms with Gasteiger partial charge in [0.1, 0.15) is 6.10 Å². The van der Waals surface area contributed by atoms with E-state index in [2.05, 4.69) is 0 Å². The second kappa shape index (κ2) is 3.99. The summed E-state index contributed by atoms with van der Waals surface area (Å²) in [5.41, 5.74) is 2.50. The van der Waals surface area contributed by atoms with Gasteiger partial charge in [0.2, 0.25) is 0 Å². The second-order valence-corrected chi connectivity index (χ2v) is 3.93. The number of aliphatic hydroxyl groups is 1. The van der Waals surface area contributed by atoms with E-state index in [9.17, 15) is 9.90 Å². The fourth-order valence-electron chi connectivity index (χ4n) is 1.81. The van der Waals surface area contributed by atoms with Crippen molar-refractivity contribution in [1.29, 1.82) is 0 Å². The number of aryl methyl sites for hydroxylation is 1. The summed E-state index contributed by atoms with van der Waals surface area (Å²) in [4.78, 5) is 11.4. The molecular formula is C13H14O2. The molecule has 2 heteroatoms. The quantitative estimate of drug-likeness (QED) is 0.799. The van der Waals surface area contributed by atoms with Crippen LogP contribution >= 0.6 is 0 Å². The summed E-state index contributed by atoms with van der Waals surface area (Å²) >= 11 is 0. The SMILES string of the molecule is Cc1ccc([C@H](O)C2=CCCC2=O)cc1. The van der Waals surface area contributed by atoms with Gasteiger partial charge in [0.25, 0.3) is 0 Å². The van der Waals surface area contributed by atoms with Gasteiger partial charge in [0, 0.05) is 12.0 Å². The highest BCUT2D eigenvalue weighted by Gasteiger charge is 2.23. The van der Waals surface area contributed by atoms with Crippen LogP contribution in [-0.4, -0.2) is 10.9 Å². The molecule has 0 amide bonds. The normalized spacial score (nSPS) is 17.7. The summed E-state index contributed by atoms with van der Waals surface area (Å²) in [7, 11) is 0. The molecular weight excluding hydrogens is 188 g/mol. The minimum atomic E-state index is -0.749. The number of hydrogen-bond donors (Lipinski definition) is 1. The van der Waals surface area contributed by atoms with Gasteiger partial charge >= 0.3 is 0 Å². The summed E-state index contributed by atoms with van der Waals surface area (Å²) in [5, 5.41) is 9.99. The monoisotopic (exact) mass is 202 g/mol. The van der Waals surface area contributed by atoms with Crippen LogP contribution in [0.3, 0.4) is 0 Å². The first-order valence-corrected chi connectivity index (χ1v) is 5.16. The van der Waals surface area contributed by atoms with Gasteiger partial charge in [0.15, 0.2) is 5.78 Å². The van der Waals surface area contributed by atoms with Crippen molar-refractivity contribution < 1.29 is 9.90 Å². The van der Waals surface area contributed by atoms with Gasteiger partial charge in [-0.1, -0.05) is 35.9 Å². The predicted molar refractivity (Wildman–Crippen MR) is 58.5 cm³/mol. The highest BCUT2D eigenvalue weighted by atomic mass is 16.3. The summed E-state index contributed by atoms with van der Waals surface area (Å²) in [6.45, 7) is 2.00. The maximum absolute atomic E-state index is 11.4. The van der Waals surface area contributed by atoms with Crippen molar-refractivity contribution in [2.75, 3.05) is 0 Å². The van der Waals surface area contributed by atoms with Crippen molar-refractivity contribution in [2.24, 2.45) is 0 Å². The zero-order valence-electron chi connectivity index (χ0n) is 8.73. The molecule has 1 aliphatic carbocycles. The molecule has 2 rings (SSSR count).